The van der Waals surface area contributed by atoms with Gasteiger partial charge in [-0.2, -0.15) is 0 Å². The number of hydrogen-bond donors (Lipinski definition) is 1. The molecule has 1 N–H and O–H groups in total. The Morgan fingerprint density at radius 1 is 1.11 bits per heavy atom. The Balaban J connectivity index is 1.59. The molecule has 1 aliphatic heterocycles. The summed E-state index contributed by atoms with van der Waals surface area (Å²) in [5.74, 6) is 0.607. The van der Waals surface area contributed by atoms with Crippen LogP contribution in [0, 0.1) is 13.8 Å². The summed E-state index contributed by atoms with van der Waals surface area (Å²) >= 11 is 14.1. The van der Waals surface area contributed by atoms with Crippen molar-refractivity contribution in [1.82, 2.24) is 19.9 Å². The van der Waals surface area contributed by atoms with Gasteiger partial charge in [-0.05, 0) is 68.0 Å². The van der Waals surface area contributed by atoms with Gasteiger partial charge in [0, 0.05) is 42.0 Å². The van der Waals surface area contributed by atoms with E-state index < -0.39 is 0 Å². The standard InChI is InChI=1S/C26H26ClN5O2S2/c1-16-14-19(17(2)31(16)26-29-10-13-36-26)24-23(21-6-4-5-9-28-21)30-25(35)32(24)18-7-8-22(20(27)15-18)34-12-11-33-3/h4-10,13-15,23-24H,11-12H2,1-3H3,(H,30,35). The fourth-order valence-corrected chi connectivity index (χ4v) is 5.98. The van der Waals surface area contributed by atoms with Crippen LogP contribution in [0.2, 0.25) is 5.02 Å². The van der Waals surface area contributed by atoms with Gasteiger partial charge in [-0.1, -0.05) is 17.7 Å². The van der Waals surface area contributed by atoms with Gasteiger partial charge >= 0.3 is 0 Å². The van der Waals surface area contributed by atoms with E-state index in [0.29, 0.717) is 29.1 Å². The number of aryl methyl sites for hydroxylation is 1. The van der Waals surface area contributed by atoms with Gasteiger partial charge in [0.15, 0.2) is 10.2 Å². The monoisotopic (exact) mass is 539 g/mol. The maximum Gasteiger partial charge on any atom is 0.193 e. The van der Waals surface area contributed by atoms with Gasteiger partial charge in [-0.25, -0.2) is 4.98 Å². The largest absolute Gasteiger partial charge is 0.490 e. The maximum absolute atomic E-state index is 6.63. The Hall–Kier alpha value is -2.98. The maximum atomic E-state index is 6.63. The number of thiocarbonyl (C=S) groups is 1. The molecular weight excluding hydrogens is 514 g/mol. The van der Waals surface area contributed by atoms with Crippen LogP contribution in [0.25, 0.3) is 5.13 Å². The number of methoxy groups -OCH3 is 1. The zero-order valence-corrected chi connectivity index (χ0v) is 22.5. The third-order valence-corrected chi connectivity index (χ3v) is 7.60. The van der Waals surface area contributed by atoms with Gasteiger partial charge in [-0.3, -0.25) is 9.55 Å². The van der Waals surface area contributed by atoms with Crippen molar-refractivity contribution >= 4 is 46.0 Å². The second kappa shape index (κ2) is 10.6. The highest BCUT2D eigenvalue weighted by molar-refractivity contribution is 7.80. The Bertz CT molecular complexity index is 1360. The van der Waals surface area contributed by atoms with E-state index in [1.165, 1.54) is 0 Å². The van der Waals surface area contributed by atoms with Crippen molar-refractivity contribution in [3.05, 3.63) is 87.9 Å². The van der Waals surface area contributed by atoms with E-state index in [0.717, 1.165) is 33.5 Å². The van der Waals surface area contributed by atoms with Crippen LogP contribution in [0.1, 0.15) is 34.7 Å². The first-order valence-corrected chi connectivity index (χ1v) is 13.2. The summed E-state index contributed by atoms with van der Waals surface area (Å²) in [5, 5.41) is 7.56. The van der Waals surface area contributed by atoms with E-state index in [-0.39, 0.29) is 12.1 Å². The molecule has 3 aromatic heterocycles. The van der Waals surface area contributed by atoms with Crippen molar-refractivity contribution in [1.29, 1.82) is 0 Å². The number of ether oxygens (including phenoxy) is 2. The first-order chi connectivity index (χ1) is 17.5. The lowest BCUT2D eigenvalue weighted by Crippen LogP contribution is -2.29. The quantitative estimate of drug-likeness (QED) is 0.224. The molecule has 4 heterocycles. The van der Waals surface area contributed by atoms with Gasteiger partial charge in [-0.15, -0.1) is 11.3 Å². The van der Waals surface area contributed by atoms with E-state index >= 15 is 0 Å². The third kappa shape index (κ3) is 4.59. The lowest BCUT2D eigenvalue weighted by molar-refractivity contribution is 0.146. The van der Waals surface area contributed by atoms with Crippen LogP contribution in [0.5, 0.6) is 5.75 Å². The predicted octanol–water partition coefficient (Wildman–Crippen LogP) is 5.80. The fourth-order valence-electron chi connectivity index (χ4n) is 4.65. The Morgan fingerprint density at radius 2 is 1.97 bits per heavy atom. The summed E-state index contributed by atoms with van der Waals surface area (Å²) in [6.45, 7) is 5.13. The normalized spacial score (nSPS) is 17.4. The Labute approximate surface area is 224 Å². The van der Waals surface area contributed by atoms with E-state index in [1.807, 2.05) is 54.2 Å². The average Bonchev–Trinajstić information content (AvgIpc) is 3.58. The van der Waals surface area contributed by atoms with Crippen molar-refractivity contribution in [3.8, 4) is 10.9 Å². The number of aromatic nitrogens is 3. The van der Waals surface area contributed by atoms with E-state index in [1.54, 1.807) is 18.4 Å². The molecule has 1 saturated heterocycles. The zero-order valence-electron chi connectivity index (χ0n) is 20.1. The lowest BCUT2D eigenvalue weighted by Gasteiger charge is -2.28. The van der Waals surface area contributed by atoms with Crippen molar-refractivity contribution < 1.29 is 9.47 Å². The topological polar surface area (TPSA) is 64.4 Å². The Morgan fingerprint density at radius 3 is 2.67 bits per heavy atom. The van der Waals surface area contributed by atoms with Crippen LogP contribution in [0.4, 0.5) is 5.69 Å². The fraction of sp³-hybridized carbons (Fsp3) is 0.269. The summed E-state index contributed by atoms with van der Waals surface area (Å²) in [6, 6.07) is 13.6. The number of benzene rings is 1. The molecule has 7 nitrogen and oxygen atoms in total. The van der Waals surface area contributed by atoms with Crippen molar-refractivity contribution in [3.63, 3.8) is 0 Å². The second-order valence-corrected chi connectivity index (χ2v) is 10.1. The van der Waals surface area contributed by atoms with E-state index in [9.17, 15) is 0 Å². The number of anilines is 1. The second-order valence-electron chi connectivity index (χ2n) is 8.43. The molecule has 10 heteroatoms. The van der Waals surface area contributed by atoms with Gasteiger partial charge in [0.1, 0.15) is 12.4 Å². The molecular formula is C26H26ClN5O2S2. The van der Waals surface area contributed by atoms with Crippen molar-refractivity contribution in [2.45, 2.75) is 25.9 Å². The van der Waals surface area contributed by atoms with Crippen LogP contribution < -0.4 is 15.0 Å². The summed E-state index contributed by atoms with van der Waals surface area (Å²) in [5.41, 5.74) is 5.14. The minimum atomic E-state index is -0.152. The molecule has 1 aliphatic rings. The minimum Gasteiger partial charge on any atom is -0.490 e. The molecule has 36 heavy (non-hydrogen) atoms. The number of rotatable bonds is 8. The molecule has 0 radical (unpaired) electrons. The zero-order chi connectivity index (χ0) is 25.2. The van der Waals surface area contributed by atoms with Crippen LogP contribution in [0.15, 0.2) is 60.2 Å². The number of hydrogen-bond acceptors (Lipinski definition) is 6. The lowest BCUT2D eigenvalue weighted by atomic mass is 9.96. The van der Waals surface area contributed by atoms with E-state index in [2.05, 4.69) is 44.7 Å². The highest BCUT2D eigenvalue weighted by atomic mass is 35.5. The first kappa shape index (κ1) is 24.7. The number of nitrogens with zero attached hydrogens (tertiary/aromatic N) is 4. The summed E-state index contributed by atoms with van der Waals surface area (Å²) in [7, 11) is 1.64. The number of pyridine rings is 1. The molecule has 1 aromatic carbocycles. The predicted molar refractivity (Wildman–Crippen MR) is 148 cm³/mol. The molecule has 2 atom stereocenters. The molecule has 0 saturated carbocycles. The molecule has 0 amide bonds. The third-order valence-electron chi connectivity index (χ3n) is 6.24. The van der Waals surface area contributed by atoms with Gasteiger partial charge in [0.05, 0.1) is 29.4 Å². The SMILES string of the molecule is COCCOc1ccc(N2C(=S)NC(c3ccccn3)C2c2cc(C)n(-c3nccs3)c2C)cc1Cl. The smallest absolute Gasteiger partial charge is 0.193 e. The number of nitrogens with one attached hydrogen (secondary N) is 1. The number of thiazole rings is 1. The Kier molecular flexibility index (Phi) is 7.25. The molecule has 1 fully saturated rings. The highest BCUT2D eigenvalue weighted by Gasteiger charge is 2.42. The summed E-state index contributed by atoms with van der Waals surface area (Å²) < 4.78 is 13.0. The van der Waals surface area contributed by atoms with Gasteiger partial charge in [0.2, 0.25) is 0 Å². The molecule has 2 unspecified atom stereocenters. The number of halogens is 1. The van der Waals surface area contributed by atoms with Gasteiger partial charge < -0.3 is 19.7 Å². The molecule has 0 bridgehead atoms. The van der Waals surface area contributed by atoms with Gasteiger partial charge in [0.25, 0.3) is 0 Å². The minimum absolute atomic E-state index is 0.149. The highest BCUT2D eigenvalue weighted by Crippen LogP contribution is 2.45. The van der Waals surface area contributed by atoms with Crippen molar-refractivity contribution in [2.75, 3.05) is 25.2 Å². The van der Waals surface area contributed by atoms with Crippen LogP contribution >= 0.6 is 35.2 Å². The van der Waals surface area contributed by atoms with Crippen molar-refractivity contribution in [2.24, 2.45) is 0 Å². The van der Waals surface area contributed by atoms with Crippen LogP contribution in [0.3, 0.4) is 0 Å². The molecule has 4 aromatic rings. The first-order valence-electron chi connectivity index (χ1n) is 11.5. The molecule has 186 valence electrons. The van der Waals surface area contributed by atoms with Crippen LogP contribution in [-0.4, -0.2) is 40.0 Å². The average molecular weight is 540 g/mol. The van der Waals surface area contributed by atoms with Crippen LogP contribution in [-0.2, 0) is 4.74 Å². The molecule has 5 rings (SSSR count). The summed E-state index contributed by atoms with van der Waals surface area (Å²) in [4.78, 5) is 11.3. The summed E-state index contributed by atoms with van der Waals surface area (Å²) in [6.07, 6.45) is 3.63. The molecule has 0 spiro atoms. The van der Waals surface area contributed by atoms with E-state index in [4.69, 9.17) is 33.3 Å². The molecule has 0 aliphatic carbocycles.